The van der Waals surface area contributed by atoms with Crippen LogP contribution in [0.4, 0.5) is 0 Å². The molecule has 1 unspecified atom stereocenters. The number of aromatic nitrogens is 1. The van der Waals surface area contributed by atoms with Crippen LogP contribution in [0.25, 0.3) is 10.1 Å². The summed E-state index contributed by atoms with van der Waals surface area (Å²) in [6.07, 6.45) is 2.41. The number of benzene rings is 1. The third-order valence-corrected chi connectivity index (χ3v) is 4.19. The predicted molar refractivity (Wildman–Crippen MR) is 67.1 cm³/mol. The quantitative estimate of drug-likeness (QED) is 0.860. The van der Waals surface area contributed by atoms with Gasteiger partial charge in [-0.25, -0.2) is 0 Å². The van der Waals surface area contributed by atoms with Crippen LogP contribution in [0.15, 0.2) is 29.1 Å². The number of hydrogen-bond acceptors (Lipinski definition) is 3. The number of nitrogens with one attached hydrogen (secondary N) is 1. The molecule has 1 N–H and O–H groups in total. The van der Waals surface area contributed by atoms with Gasteiger partial charge in [-0.05, 0) is 31.5 Å². The molecule has 1 fully saturated rings. The number of nitrogens with zero attached hydrogens (tertiary/aromatic N) is 1. The Bertz CT molecular complexity index is 551. The van der Waals surface area contributed by atoms with E-state index >= 15 is 0 Å². The highest BCUT2D eigenvalue weighted by Crippen LogP contribution is 2.17. The topological polar surface area (TPSA) is 34.0 Å². The first-order valence-corrected chi connectivity index (χ1v) is 6.44. The average molecular weight is 234 g/mol. The summed E-state index contributed by atoms with van der Waals surface area (Å²) in [5, 5.41) is 4.28. The molecule has 84 valence electrons. The van der Waals surface area contributed by atoms with Gasteiger partial charge in [-0.15, -0.1) is 0 Å². The highest BCUT2D eigenvalue weighted by atomic mass is 32.1. The monoisotopic (exact) mass is 234 g/mol. The van der Waals surface area contributed by atoms with Gasteiger partial charge < -0.3 is 5.32 Å². The molecule has 0 bridgehead atoms. The molecule has 16 heavy (non-hydrogen) atoms. The van der Waals surface area contributed by atoms with Crippen molar-refractivity contribution in [3.8, 4) is 0 Å². The highest BCUT2D eigenvalue weighted by molar-refractivity contribution is 7.13. The van der Waals surface area contributed by atoms with Gasteiger partial charge in [0.25, 0.3) is 5.56 Å². The molecule has 2 aromatic rings. The minimum Gasteiger partial charge on any atom is -0.312 e. The molecule has 3 rings (SSSR count). The lowest BCUT2D eigenvalue weighted by Crippen LogP contribution is -2.29. The van der Waals surface area contributed by atoms with Crippen molar-refractivity contribution in [3.63, 3.8) is 0 Å². The summed E-state index contributed by atoms with van der Waals surface area (Å²) in [5.74, 6) is 0. The molecule has 0 saturated carbocycles. The van der Waals surface area contributed by atoms with Crippen LogP contribution in [0.2, 0.25) is 0 Å². The third kappa shape index (κ3) is 1.68. The molecular weight excluding hydrogens is 220 g/mol. The Morgan fingerprint density at radius 1 is 1.44 bits per heavy atom. The lowest BCUT2D eigenvalue weighted by atomic mass is 10.2. The van der Waals surface area contributed by atoms with E-state index in [1.807, 2.05) is 28.2 Å². The summed E-state index contributed by atoms with van der Waals surface area (Å²) in [6, 6.07) is 8.31. The van der Waals surface area contributed by atoms with Gasteiger partial charge in [0.05, 0.1) is 16.6 Å². The standard InChI is InChI=1S/C12H14N2OS/c15-12-10-5-1-2-6-11(10)16-14(12)8-9-4-3-7-13-9/h1-2,5-6,9,13H,3-4,7-8H2. The fraction of sp³-hybridized carbons (Fsp3) is 0.417. The van der Waals surface area contributed by atoms with Crippen molar-refractivity contribution >= 4 is 21.6 Å². The van der Waals surface area contributed by atoms with E-state index in [0.29, 0.717) is 6.04 Å². The SMILES string of the molecule is O=c1c2ccccc2sn1CC1CCCN1. The summed E-state index contributed by atoms with van der Waals surface area (Å²) in [7, 11) is 0. The molecule has 4 heteroatoms. The maximum atomic E-state index is 12.1. The Labute approximate surface area is 97.9 Å². The van der Waals surface area contributed by atoms with Gasteiger partial charge in [-0.1, -0.05) is 23.7 Å². The molecule has 1 aliphatic rings. The first-order valence-electron chi connectivity index (χ1n) is 5.67. The van der Waals surface area contributed by atoms with E-state index in [2.05, 4.69) is 5.32 Å². The summed E-state index contributed by atoms with van der Waals surface area (Å²) < 4.78 is 2.97. The van der Waals surface area contributed by atoms with Crippen LogP contribution in [0, 0.1) is 0 Å². The zero-order valence-corrected chi connectivity index (χ0v) is 9.80. The van der Waals surface area contributed by atoms with Crippen molar-refractivity contribution in [3.05, 3.63) is 34.6 Å². The second-order valence-electron chi connectivity index (χ2n) is 4.25. The first kappa shape index (κ1) is 10.1. The average Bonchev–Trinajstić information content (AvgIpc) is 2.90. The highest BCUT2D eigenvalue weighted by Gasteiger charge is 2.16. The molecule has 0 aliphatic carbocycles. The Balaban J connectivity index is 1.97. The van der Waals surface area contributed by atoms with Crippen molar-refractivity contribution in [2.45, 2.75) is 25.4 Å². The van der Waals surface area contributed by atoms with Crippen LogP contribution in [0.5, 0.6) is 0 Å². The van der Waals surface area contributed by atoms with Crippen molar-refractivity contribution in [1.82, 2.24) is 9.27 Å². The molecular formula is C12H14N2OS. The molecule has 0 spiro atoms. The minimum absolute atomic E-state index is 0.161. The summed E-state index contributed by atoms with van der Waals surface area (Å²) in [4.78, 5) is 12.1. The van der Waals surface area contributed by atoms with Crippen LogP contribution in [-0.4, -0.2) is 16.5 Å². The van der Waals surface area contributed by atoms with E-state index in [9.17, 15) is 4.79 Å². The molecule has 1 aromatic heterocycles. The van der Waals surface area contributed by atoms with Gasteiger partial charge in [-0.2, -0.15) is 0 Å². The van der Waals surface area contributed by atoms with E-state index in [1.54, 1.807) is 11.5 Å². The van der Waals surface area contributed by atoms with E-state index in [-0.39, 0.29) is 5.56 Å². The lowest BCUT2D eigenvalue weighted by molar-refractivity contribution is 0.525. The van der Waals surface area contributed by atoms with Gasteiger partial charge in [0.15, 0.2) is 0 Å². The Hall–Kier alpha value is -1.13. The second kappa shape index (κ2) is 4.03. The molecule has 1 aromatic carbocycles. The van der Waals surface area contributed by atoms with Crippen molar-refractivity contribution in [2.75, 3.05) is 6.54 Å². The second-order valence-corrected chi connectivity index (χ2v) is 5.31. The normalized spacial score (nSPS) is 20.6. The van der Waals surface area contributed by atoms with Gasteiger partial charge >= 0.3 is 0 Å². The molecule has 0 amide bonds. The van der Waals surface area contributed by atoms with Crippen molar-refractivity contribution < 1.29 is 0 Å². The summed E-state index contributed by atoms with van der Waals surface area (Å²) in [6.45, 7) is 1.91. The molecule has 0 radical (unpaired) electrons. The Kier molecular flexibility index (Phi) is 2.53. The van der Waals surface area contributed by atoms with E-state index in [4.69, 9.17) is 0 Å². The Morgan fingerprint density at radius 3 is 3.06 bits per heavy atom. The number of hydrogen-bond donors (Lipinski definition) is 1. The van der Waals surface area contributed by atoms with Crippen molar-refractivity contribution in [2.24, 2.45) is 0 Å². The van der Waals surface area contributed by atoms with Crippen molar-refractivity contribution in [1.29, 1.82) is 0 Å². The Morgan fingerprint density at radius 2 is 2.31 bits per heavy atom. The predicted octanol–water partition coefficient (Wildman–Crippen LogP) is 1.81. The largest absolute Gasteiger partial charge is 0.312 e. The zero-order chi connectivity index (χ0) is 11.0. The van der Waals surface area contributed by atoms with Gasteiger partial charge in [0, 0.05) is 6.04 Å². The molecule has 1 aliphatic heterocycles. The number of rotatable bonds is 2. The number of fused-ring (bicyclic) bond motifs is 1. The van der Waals surface area contributed by atoms with Crippen LogP contribution < -0.4 is 10.9 Å². The molecule has 2 heterocycles. The minimum atomic E-state index is 0.161. The molecule has 1 saturated heterocycles. The van der Waals surface area contributed by atoms with Gasteiger partial charge in [0.2, 0.25) is 0 Å². The van der Waals surface area contributed by atoms with Gasteiger partial charge in [0.1, 0.15) is 0 Å². The fourth-order valence-electron chi connectivity index (χ4n) is 2.25. The smallest absolute Gasteiger partial charge is 0.268 e. The summed E-state index contributed by atoms with van der Waals surface area (Å²) >= 11 is 1.57. The molecule has 1 atom stereocenters. The van der Waals surface area contributed by atoms with Crippen LogP contribution >= 0.6 is 11.5 Å². The van der Waals surface area contributed by atoms with E-state index < -0.39 is 0 Å². The lowest BCUT2D eigenvalue weighted by Gasteiger charge is -2.08. The third-order valence-electron chi connectivity index (χ3n) is 3.10. The summed E-state index contributed by atoms with van der Waals surface area (Å²) in [5.41, 5.74) is 0.161. The van der Waals surface area contributed by atoms with Gasteiger partial charge in [-0.3, -0.25) is 8.75 Å². The maximum absolute atomic E-state index is 12.1. The maximum Gasteiger partial charge on any atom is 0.268 e. The molecule has 3 nitrogen and oxygen atoms in total. The van der Waals surface area contributed by atoms with Crippen LogP contribution in [0.1, 0.15) is 12.8 Å². The van der Waals surface area contributed by atoms with E-state index in [0.717, 1.165) is 23.2 Å². The van der Waals surface area contributed by atoms with Crippen LogP contribution in [-0.2, 0) is 6.54 Å². The fourth-order valence-corrected chi connectivity index (χ4v) is 3.32. The van der Waals surface area contributed by atoms with Crippen LogP contribution in [0.3, 0.4) is 0 Å². The zero-order valence-electron chi connectivity index (χ0n) is 8.98. The van der Waals surface area contributed by atoms with E-state index in [1.165, 1.54) is 12.8 Å². The first-order chi connectivity index (χ1) is 7.84.